The van der Waals surface area contributed by atoms with Gasteiger partial charge in [-0.3, -0.25) is 0 Å². The van der Waals surface area contributed by atoms with Crippen molar-refractivity contribution in [2.75, 3.05) is 11.9 Å². The number of aryl methyl sites for hydroxylation is 1. The number of carbonyl (C=O) groups excluding carboxylic acids is 1. The van der Waals surface area contributed by atoms with Gasteiger partial charge in [0, 0.05) is 18.1 Å². The molecule has 2 saturated heterocycles. The second-order valence-electron chi connectivity index (χ2n) is 6.37. The number of amides is 2. The molecular formula is C17H19FN4O4. The lowest BCUT2D eigenvalue weighted by atomic mass is 9.96. The van der Waals surface area contributed by atoms with Gasteiger partial charge in [-0.05, 0) is 31.2 Å². The van der Waals surface area contributed by atoms with Crippen molar-refractivity contribution in [1.82, 2.24) is 14.9 Å². The molecule has 2 bridgehead atoms. The van der Waals surface area contributed by atoms with Crippen LogP contribution in [0.5, 0.6) is 0 Å². The minimum atomic E-state index is -0.923. The van der Waals surface area contributed by atoms with Crippen LogP contribution in [0.2, 0.25) is 0 Å². The Bertz CT molecular complexity index is 796. The number of nitrogens with zero attached hydrogens (tertiary/aromatic N) is 2. The average molecular weight is 362 g/mol. The maximum Gasteiger partial charge on any atom is 0.319 e. The molecular weight excluding hydrogens is 343 g/mol. The van der Waals surface area contributed by atoms with E-state index >= 15 is 0 Å². The number of anilines is 1. The first-order valence-electron chi connectivity index (χ1n) is 8.30. The van der Waals surface area contributed by atoms with Crippen LogP contribution < -0.4 is 10.6 Å². The number of halogens is 1. The van der Waals surface area contributed by atoms with E-state index in [0.717, 1.165) is 0 Å². The summed E-state index contributed by atoms with van der Waals surface area (Å²) in [6.07, 6.45) is 1.40. The molecule has 138 valence electrons. The summed E-state index contributed by atoms with van der Waals surface area (Å²) in [5, 5.41) is 16.2. The van der Waals surface area contributed by atoms with Crippen LogP contribution in [0.3, 0.4) is 0 Å². The van der Waals surface area contributed by atoms with Gasteiger partial charge in [-0.2, -0.15) is 0 Å². The van der Waals surface area contributed by atoms with Gasteiger partial charge in [-0.1, -0.05) is 0 Å². The lowest BCUT2D eigenvalue weighted by molar-refractivity contribution is -0.163. The monoisotopic (exact) mass is 362 g/mol. The highest BCUT2D eigenvalue weighted by Crippen LogP contribution is 2.36. The van der Waals surface area contributed by atoms with Crippen LogP contribution in [0.25, 0.3) is 0 Å². The van der Waals surface area contributed by atoms with Crippen molar-refractivity contribution in [3.63, 3.8) is 0 Å². The second-order valence-corrected chi connectivity index (χ2v) is 6.37. The van der Waals surface area contributed by atoms with Crippen LogP contribution in [-0.4, -0.2) is 51.8 Å². The van der Waals surface area contributed by atoms with Crippen molar-refractivity contribution in [2.24, 2.45) is 0 Å². The molecule has 9 heteroatoms. The first-order valence-corrected chi connectivity index (χ1v) is 8.30. The van der Waals surface area contributed by atoms with Crippen molar-refractivity contribution in [3.05, 3.63) is 48.3 Å². The predicted molar refractivity (Wildman–Crippen MR) is 89.0 cm³/mol. The maximum absolute atomic E-state index is 13.0. The third-order valence-corrected chi connectivity index (χ3v) is 4.71. The first kappa shape index (κ1) is 17.0. The Kier molecular flexibility index (Phi) is 4.35. The fraction of sp³-hybridized carbons (Fsp3) is 0.412. The number of rotatable bonds is 3. The molecule has 0 radical (unpaired) electrons. The molecule has 1 aromatic heterocycles. The molecule has 0 saturated carbocycles. The summed E-state index contributed by atoms with van der Waals surface area (Å²) in [7, 11) is 0. The molecule has 3 heterocycles. The smallest absolute Gasteiger partial charge is 0.319 e. The van der Waals surface area contributed by atoms with Gasteiger partial charge in [-0.15, -0.1) is 0 Å². The van der Waals surface area contributed by atoms with Gasteiger partial charge >= 0.3 is 6.03 Å². The van der Waals surface area contributed by atoms with E-state index in [0.29, 0.717) is 11.5 Å². The molecule has 0 aliphatic carbocycles. The Balaban J connectivity index is 1.49. The highest BCUT2D eigenvalue weighted by Gasteiger charge is 2.51. The molecule has 8 nitrogen and oxygen atoms in total. The number of nitrogens with one attached hydrogen (secondary N) is 2. The molecule has 0 spiro atoms. The van der Waals surface area contributed by atoms with Gasteiger partial charge in [0.05, 0.1) is 12.6 Å². The van der Waals surface area contributed by atoms with Crippen LogP contribution in [0, 0.1) is 12.7 Å². The van der Waals surface area contributed by atoms with Crippen molar-refractivity contribution in [1.29, 1.82) is 0 Å². The minimum Gasteiger partial charge on any atom is -0.388 e. The Labute approximate surface area is 148 Å². The molecule has 1 aromatic carbocycles. The molecule has 2 aliphatic heterocycles. The SMILES string of the molecule is Cc1nccn1C1C2OCC(O2)C(NC(=O)Nc2ccc(F)cc2)C1O. The van der Waals surface area contributed by atoms with E-state index in [-0.39, 0.29) is 12.4 Å². The topological polar surface area (TPSA) is 97.6 Å². The van der Waals surface area contributed by atoms with Gasteiger partial charge in [-0.25, -0.2) is 14.2 Å². The number of hydrogen-bond donors (Lipinski definition) is 3. The number of carbonyl (C=O) groups is 1. The average Bonchev–Trinajstić information content (AvgIpc) is 3.23. The standard InChI is InChI=1S/C17H19FN4O4/c1-9-19-6-7-22(9)14-15(23)13(12-8-25-16(14)26-12)21-17(24)20-11-4-2-10(18)3-5-11/h2-7,12-16,23H,8H2,1H3,(H2,20,21,24). The third-order valence-electron chi connectivity index (χ3n) is 4.71. The van der Waals surface area contributed by atoms with Gasteiger partial charge in [0.25, 0.3) is 0 Å². The van der Waals surface area contributed by atoms with E-state index in [9.17, 15) is 14.3 Å². The third kappa shape index (κ3) is 3.05. The van der Waals surface area contributed by atoms with Gasteiger partial charge in [0.2, 0.25) is 0 Å². The number of fused-ring (bicyclic) bond motifs is 2. The number of urea groups is 1. The van der Waals surface area contributed by atoms with Crippen LogP contribution in [0.15, 0.2) is 36.7 Å². The fourth-order valence-electron chi connectivity index (χ4n) is 3.43. The van der Waals surface area contributed by atoms with Crippen LogP contribution in [-0.2, 0) is 9.47 Å². The van der Waals surface area contributed by atoms with E-state index in [1.807, 2.05) is 6.92 Å². The molecule has 2 aromatic rings. The Hall–Kier alpha value is -2.49. The van der Waals surface area contributed by atoms with E-state index < -0.39 is 36.6 Å². The van der Waals surface area contributed by atoms with E-state index in [1.54, 1.807) is 17.0 Å². The Morgan fingerprint density at radius 1 is 1.38 bits per heavy atom. The highest BCUT2D eigenvalue weighted by molar-refractivity contribution is 5.89. The summed E-state index contributed by atoms with van der Waals surface area (Å²) in [4.78, 5) is 16.5. The summed E-state index contributed by atoms with van der Waals surface area (Å²) in [5.74, 6) is 0.320. The van der Waals surface area contributed by atoms with Crippen LogP contribution in [0.1, 0.15) is 11.9 Å². The number of aromatic nitrogens is 2. The summed E-state index contributed by atoms with van der Waals surface area (Å²) in [5.41, 5.74) is 0.442. The van der Waals surface area contributed by atoms with Gasteiger partial charge in [0.1, 0.15) is 29.9 Å². The van der Waals surface area contributed by atoms with Crippen molar-refractivity contribution < 1.29 is 23.8 Å². The Morgan fingerprint density at radius 3 is 2.85 bits per heavy atom. The van der Waals surface area contributed by atoms with E-state index in [2.05, 4.69) is 15.6 Å². The zero-order valence-electron chi connectivity index (χ0n) is 14.0. The van der Waals surface area contributed by atoms with Crippen molar-refractivity contribution >= 4 is 11.7 Å². The Morgan fingerprint density at radius 2 is 2.15 bits per heavy atom. The number of aliphatic hydroxyl groups excluding tert-OH is 1. The number of benzene rings is 1. The summed E-state index contributed by atoms with van der Waals surface area (Å²) in [6.45, 7) is 2.09. The zero-order chi connectivity index (χ0) is 18.3. The largest absolute Gasteiger partial charge is 0.388 e. The molecule has 2 aliphatic rings. The number of hydrogen-bond acceptors (Lipinski definition) is 5. The predicted octanol–water partition coefficient (Wildman–Crippen LogP) is 1.18. The van der Waals surface area contributed by atoms with Crippen molar-refractivity contribution in [2.45, 2.75) is 37.5 Å². The molecule has 26 heavy (non-hydrogen) atoms. The van der Waals surface area contributed by atoms with Gasteiger partial charge < -0.3 is 29.8 Å². The number of ether oxygens (including phenoxy) is 2. The summed E-state index contributed by atoms with van der Waals surface area (Å²) in [6, 6.07) is 3.71. The zero-order valence-corrected chi connectivity index (χ0v) is 14.0. The molecule has 5 atom stereocenters. The lowest BCUT2D eigenvalue weighted by Crippen LogP contribution is -2.59. The molecule has 5 unspecified atom stereocenters. The summed E-state index contributed by atoms with van der Waals surface area (Å²) >= 11 is 0. The molecule has 2 amide bonds. The van der Waals surface area contributed by atoms with Crippen molar-refractivity contribution in [3.8, 4) is 0 Å². The lowest BCUT2D eigenvalue weighted by Gasteiger charge is -2.39. The quantitative estimate of drug-likeness (QED) is 0.762. The van der Waals surface area contributed by atoms with Gasteiger partial charge in [0.15, 0.2) is 6.29 Å². The van der Waals surface area contributed by atoms with Crippen LogP contribution >= 0.6 is 0 Å². The maximum atomic E-state index is 13.0. The van der Waals surface area contributed by atoms with E-state index in [1.165, 1.54) is 24.3 Å². The first-order chi connectivity index (χ1) is 12.5. The summed E-state index contributed by atoms with van der Waals surface area (Å²) < 4.78 is 26.2. The molecule has 2 fully saturated rings. The normalized spacial score (nSPS) is 30.2. The second kappa shape index (κ2) is 6.67. The van der Waals surface area contributed by atoms with E-state index in [4.69, 9.17) is 9.47 Å². The van der Waals surface area contributed by atoms with Crippen LogP contribution in [0.4, 0.5) is 14.9 Å². The fourth-order valence-corrected chi connectivity index (χ4v) is 3.43. The molecule has 3 N–H and O–H groups in total. The highest BCUT2D eigenvalue weighted by atomic mass is 19.1. The number of aliphatic hydroxyl groups is 1. The number of imidazole rings is 1. The minimum absolute atomic E-state index is 0.271. The molecule has 4 rings (SSSR count).